The molecule has 0 spiro atoms. The number of aromatic nitrogens is 1. The van der Waals surface area contributed by atoms with Crippen LogP contribution >= 0.6 is 11.3 Å². The third-order valence-electron chi connectivity index (χ3n) is 4.38. The molecule has 1 aliphatic carbocycles. The van der Waals surface area contributed by atoms with Crippen LogP contribution in [-0.4, -0.2) is 13.4 Å². The molecule has 1 saturated carbocycles. The summed E-state index contributed by atoms with van der Waals surface area (Å²) in [4.78, 5) is 5.57. The Kier molecular flexibility index (Phi) is 3.94. The van der Waals surface area contributed by atoms with Gasteiger partial charge in [-0.05, 0) is 47.7 Å². The van der Waals surface area contributed by atoms with Crippen molar-refractivity contribution in [1.82, 2.24) is 4.98 Å². The van der Waals surface area contributed by atoms with Gasteiger partial charge >= 0.3 is 0 Å². The smallest absolute Gasteiger partial charge is 0.238 e. The number of rotatable bonds is 4. The van der Waals surface area contributed by atoms with Crippen molar-refractivity contribution in [2.45, 2.75) is 23.2 Å². The Morgan fingerprint density at radius 3 is 2.56 bits per heavy atom. The van der Waals surface area contributed by atoms with Crippen LogP contribution in [0.15, 0.2) is 59.6 Å². The molecule has 2 atom stereocenters. The van der Waals surface area contributed by atoms with Gasteiger partial charge in [0.2, 0.25) is 10.0 Å². The fourth-order valence-electron chi connectivity index (χ4n) is 2.98. The summed E-state index contributed by atoms with van der Waals surface area (Å²) in [7, 11) is -3.66. The Balaban J connectivity index is 1.52. The molecule has 0 saturated heterocycles. The van der Waals surface area contributed by atoms with Crippen molar-refractivity contribution in [1.29, 1.82) is 0 Å². The van der Waals surface area contributed by atoms with Gasteiger partial charge in [0.05, 0.1) is 14.8 Å². The molecular formula is C18H15FN2O2S2. The van der Waals surface area contributed by atoms with E-state index in [1.54, 1.807) is 35.7 Å². The van der Waals surface area contributed by atoms with Crippen LogP contribution in [0.5, 0.6) is 0 Å². The maximum absolute atomic E-state index is 13.4. The predicted octanol–water partition coefficient (Wildman–Crippen LogP) is 3.87. The molecular weight excluding hydrogens is 359 g/mol. The molecule has 0 unspecified atom stereocenters. The molecule has 0 radical (unpaired) electrons. The van der Waals surface area contributed by atoms with Gasteiger partial charge in [-0.25, -0.2) is 22.9 Å². The second kappa shape index (κ2) is 6.01. The molecule has 128 valence electrons. The molecule has 0 amide bonds. The normalized spacial score (nSPS) is 19.8. The Morgan fingerprint density at radius 2 is 1.88 bits per heavy atom. The van der Waals surface area contributed by atoms with Crippen LogP contribution in [0.4, 0.5) is 4.39 Å². The summed E-state index contributed by atoms with van der Waals surface area (Å²) in [5.41, 5.74) is 1.92. The van der Waals surface area contributed by atoms with Crippen LogP contribution in [0.1, 0.15) is 28.8 Å². The zero-order valence-corrected chi connectivity index (χ0v) is 14.7. The fraction of sp³-hybridized carbons (Fsp3) is 0.167. The number of thiazole rings is 1. The zero-order chi connectivity index (χ0) is 17.6. The Labute approximate surface area is 149 Å². The number of benzene rings is 2. The Hall–Kier alpha value is -2.09. The first kappa shape index (κ1) is 16.4. The number of halogens is 1. The van der Waals surface area contributed by atoms with Gasteiger partial charge in [-0.1, -0.05) is 24.3 Å². The molecule has 0 aliphatic heterocycles. The molecule has 25 heavy (non-hydrogen) atoms. The fourth-order valence-corrected chi connectivity index (χ4v) is 4.58. The van der Waals surface area contributed by atoms with Crippen LogP contribution in [0.2, 0.25) is 0 Å². The molecule has 3 aromatic rings. The molecule has 1 aliphatic rings. The van der Waals surface area contributed by atoms with Gasteiger partial charge in [0.15, 0.2) is 0 Å². The van der Waals surface area contributed by atoms with Gasteiger partial charge in [-0.2, -0.15) is 0 Å². The zero-order valence-electron chi connectivity index (χ0n) is 13.1. The van der Waals surface area contributed by atoms with E-state index in [-0.39, 0.29) is 10.7 Å². The third-order valence-corrected chi connectivity index (χ3v) is 6.48. The minimum absolute atomic E-state index is 0.121. The topological polar surface area (TPSA) is 73.1 Å². The minimum Gasteiger partial charge on any atom is -0.249 e. The molecule has 4 nitrogen and oxygen atoms in total. The average Bonchev–Trinajstić information content (AvgIpc) is 3.22. The van der Waals surface area contributed by atoms with Crippen LogP contribution in [0.25, 0.3) is 10.4 Å². The summed E-state index contributed by atoms with van der Waals surface area (Å²) in [6.45, 7) is 0. The molecule has 0 bridgehead atoms. The SMILES string of the molecule is NS(=O)(=O)c1ccc([C@@H]2C[C@H]2c2ncc(-c3cccc(F)c3)s2)cc1. The van der Waals surface area contributed by atoms with Crippen LogP contribution in [-0.2, 0) is 10.0 Å². The monoisotopic (exact) mass is 374 g/mol. The number of sulfonamides is 1. The van der Waals surface area contributed by atoms with Crippen molar-refractivity contribution in [2.24, 2.45) is 5.14 Å². The highest BCUT2D eigenvalue weighted by Gasteiger charge is 2.41. The van der Waals surface area contributed by atoms with Gasteiger partial charge in [0, 0.05) is 12.1 Å². The maximum atomic E-state index is 13.4. The standard InChI is InChI=1S/C18H15FN2O2S2/c19-13-3-1-2-12(8-13)17-10-21-18(24-17)16-9-15(16)11-4-6-14(7-5-11)25(20,22)23/h1-8,10,15-16H,9H2,(H2,20,22,23)/t15-,16+/m0/s1. The van der Waals surface area contributed by atoms with Crippen molar-refractivity contribution in [3.05, 3.63) is 71.1 Å². The van der Waals surface area contributed by atoms with Crippen LogP contribution in [0, 0.1) is 5.82 Å². The highest BCUT2D eigenvalue weighted by molar-refractivity contribution is 7.89. The molecule has 7 heteroatoms. The van der Waals surface area contributed by atoms with E-state index < -0.39 is 10.0 Å². The van der Waals surface area contributed by atoms with Gasteiger partial charge < -0.3 is 0 Å². The van der Waals surface area contributed by atoms with Crippen molar-refractivity contribution in [2.75, 3.05) is 0 Å². The van der Waals surface area contributed by atoms with Crippen molar-refractivity contribution < 1.29 is 12.8 Å². The first-order valence-electron chi connectivity index (χ1n) is 7.76. The van der Waals surface area contributed by atoms with Crippen molar-refractivity contribution >= 4 is 21.4 Å². The van der Waals surface area contributed by atoms with Gasteiger partial charge in [-0.3, -0.25) is 0 Å². The number of hydrogen-bond acceptors (Lipinski definition) is 4. The number of primary sulfonamides is 1. The average molecular weight is 374 g/mol. The van der Waals surface area contributed by atoms with Crippen molar-refractivity contribution in [3.63, 3.8) is 0 Å². The third kappa shape index (κ3) is 3.35. The lowest BCUT2D eigenvalue weighted by molar-refractivity contribution is 0.597. The van der Waals surface area contributed by atoms with E-state index >= 15 is 0 Å². The molecule has 1 fully saturated rings. The first-order chi connectivity index (χ1) is 11.9. The Bertz CT molecular complexity index is 1030. The van der Waals surface area contributed by atoms with Gasteiger partial charge in [0.1, 0.15) is 5.82 Å². The number of hydrogen-bond donors (Lipinski definition) is 1. The largest absolute Gasteiger partial charge is 0.249 e. The number of nitrogens with zero attached hydrogens (tertiary/aromatic N) is 1. The van der Waals surface area contributed by atoms with E-state index in [0.29, 0.717) is 11.8 Å². The molecule has 2 aromatic carbocycles. The number of nitrogens with two attached hydrogens (primary N) is 1. The highest BCUT2D eigenvalue weighted by Crippen LogP contribution is 2.55. The lowest BCUT2D eigenvalue weighted by atomic mass is 10.1. The van der Waals surface area contributed by atoms with Gasteiger partial charge in [-0.15, -0.1) is 11.3 Å². The van der Waals surface area contributed by atoms with E-state index in [1.807, 2.05) is 18.2 Å². The van der Waals surface area contributed by atoms with Crippen molar-refractivity contribution in [3.8, 4) is 10.4 Å². The highest BCUT2D eigenvalue weighted by atomic mass is 32.2. The maximum Gasteiger partial charge on any atom is 0.238 e. The lowest BCUT2D eigenvalue weighted by Gasteiger charge is -2.01. The Morgan fingerprint density at radius 1 is 1.12 bits per heavy atom. The molecule has 2 N–H and O–H groups in total. The van der Waals surface area contributed by atoms with E-state index in [1.165, 1.54) is 12.1 Å². The predicted molar refractivity (Wildman–Crippen MR) is 95.4 cm³/mol. The summed E-state index contributed by atoms with van der Waals surface area (Å²) in [5.74, 6) is 0.403. The molecule has 1 aromatic heterocycles. The lowest BCUT2D eigenvalue weighted by Crippen LogP contribution is -2.11. The first-order valence-corrected chi connectivity index (χ1v) is 10.1. The summed E-state index contributed by atoms with van der Waals surface area (Å²) < 4.78 is 36.0. The minimum atomic E-state index is -3.66. The summed E-state index contributed by atoms with van der Waals surface area (Å²) in [6.07, 6.45) is 2.76. The van der Waals surface area contributed by atoms with E-state index in [0.717, 1.165) is 27.4 Å². The summed E-state index contributed by atoms with van der Waals surface area (Å²) in [5, 5.41) is 6.15. The second-order valence-electron chi connectivity index (χ2n) is 6.14. The van der Waals surface area contributed by atoms with Crippen LogP contribution < -0.4 is 5.14 Å². The van der Waals surface area contributed by atoms with E-state index in [9.17, 15) is 12.8 Å². The van der Waals surface area contributed by atoms with E-state index in [4.69, 9.17) is 5.14 Å². The summed E-state index contributed by atoms with van der Waals surface area (Å²) in [6, 6.07) is 13.2. The van der Waals surface area contributed by atoms with Crippen LogP contribution in [0.3, 0.4) is 0 Å². The summed E-state index contributed by atoms with van der Waals surface area (Å²) >= 11 is 1.58. The molecule has 4 rings (SSSR count). The second-order valence-corrected chi connectivity index (χ2v) is 8.76. The van der Waals surface area contributed by atoms with Gasteiger partial charge in [0.25, 0.3) is 0 Å². The van der Waals surface area contributed by atoms with E-state index in [2.05, 4.69) is 4.98 Å². The quantitative estimate of drug-likeness (QED) is 0.753. The molecule has 1 heterocycles.